The lowest BCUT2D eigenvalue weighted by Gasteiger charge is -2.01. The SMILES string of the molecule is Nc1[nH]c(=O)c(C(F)F)cc1I. The lowest BCUT2D eigenvalue weighted by Crippen LogP contribution is -2.15. The van der Waals surface area contributed by atoms with E-state index in [1.165, 1.54) is 0 Å². The van der Waals surface area contributed by atoms with E-state index in [-0.39, 0.29) is 5.82 Å². The summed E-state index contributed by atoms with van der Waals surface area (Å²) in [5.74, 6) is 0.116. The van der Waals surface area contributed by atoms with Crippen LogP contribution in [0.15, 0.2) is 10.9 Å². The van der Waals surface area contributed by atoms with Crippen LogP contribution in [0.5, 0.6) is 0 Å². The van der Waals surface area contributed by atoms with Crippen molar-refractivity contribution in [1.29, 1.82) is 0 Å². The molecule has 66 valence electrons. The van der Waals surface area contributed by atoms with Crippen molar-refractivity contribution >= 4 is 28.4 Å². The maximum atomic E-state index is 12.1. The molecule has 0 unspecified atom stereocenters. The van der Waals surface area contributed by atoms with Crippen molar-refractivity contribution in [2.75, 3.05) is 5.73 Å². The second-order valence-electron chi connectivity index (χ2n) is 2.12. The van der Waals surface area contributed by atoms with Crippen molar-refractivity contribution < 1.29 is 8.78 Å². The zero-order valence-corrected chi connectivity index (χ0v) is 7.93. The van der Waals surface area contributed by atoms with Crippen LogP contribution in [-0.2, 0) is 0 Å². The van der Waals surface area contributed by atoms with Crippen molar-refractivity contribution in [2.24, 2.45) is 0 Å². The Morgan fingerprint density at radius 3 is 2.67 bits per heavy atom. The molecule has 0 radical (unpaired) electrons. The molecular formula is C6H5F2IN2O. The first-order valence-corrected chi connectivity index (χ1v) is 4.06. The van der Waals surface area contributed by atoms with Crippen LogP contribution in [0, 0.1) is 3.57 Å². The summed E-state index contributed by atoms with van der Waals surface area (Å²) in [4.78, 5) is 12.9. The number of nitrogens with two attached hydrogens (primary N) is 1. The van der Waals surface area contributed by atoms with Crippen LogP contribution in [0.2, 0.25) is 0 Å². The number of H-pyrrole nitrogens is 1. The number of aromatic nitrogens is 1. The Morgan fingerprint density at radius 2 is 2.17 bits per heavy atom. The first-order valence-electron chi connectivity index (χ1n) is 2.98. The van der Waals surface area contributed by atoms with Crippen molar-refractivity contribution in [3.8, 4) is 0 Å². The fraction of sp³-hybridized carbons (Fsp3) is 0.167. The maximum Gasteiger partial charge on any atom is 0.269 e. The van der Waals surface area contributed by atoms with Crippen LogP contribution in [0.1, 0.15) is 12.0 Å². The second-order valence-corrected chi connectivity index (χ2v) is 3.28. The number of nitrogen functional groups attached to an aromatic ring is 1. The van der Waals surface area contributed by atoms with Gasteiger partial charge in [-0.05, 0) is 28.7 Å². The molecule has 12 heavy (non-hydrogen) atoms. The Kier molecular flexibility index (Phi) is 2.65. The standard InChI is InChI=1S/C6H5F2IN2O/c7-4(8)2-1-3(9)5(10)11-6(2)12/h1,4H,(H3,10,11,12). The summed E-state index contributed by atoms with van der Waals surface area (Å²) in [7, 11) is 0. The second kappa shape index (κ2) is 3.38. The number of nitrogens with one attached hydrogen (secondary N) is 1. The van der Waals surface area contributed by atoms with Gasteiger partial charge >= 0.3 is 0 Å². The highest BCUT2D eigenvalue weighted by molar-refractivity contribution is 14.1. The van der Waals surface area contributed by atoms with E-state index in [1.54, 1.807) is 22.6 Å². The van der Waals surface area contributed by atoms with Gasteiger partial charge in [0.2, 0.25) is 0 Å². The number of hydrogen-bond donors (Lipinski definition) is 2. The molecule has 0 fully saturated rings. The fourth-order valence-electron chi connectivity index (χ4n) is 0.696. The third-order valence-electron chi connectivity index (χ3n) is 1.29. The molecule has 0 saturated carbocycles. The number of rotatable bonds is 1. The molecular weight excluding hydrogens is 281 g/mol. The van der Waals surface area contributed by atoms with Crippen LogP contribution in [0.4, 0.5) is 14.6 Å². The van der Waals surface area contributed by atoms with Crippen LogP contribution in [0.25, 0.3) is 0 Å². The normalized spacial score (nSPS) is 10.7. The summed E-state index contributed by atoms with van der Waals surface area (Å²) in [5, 5.41) is 0. The Bertz CT molecular complexity index is 350. The number of alkyl halides is 2. The van der Waals surface area contributed by atoms with Gasteiger partial charge in [-0.25, -0.2) is 8.78 Å². The number of hydrogen-bond acceptors (Lipinski definition) is 2. The third kappa shape index (κ3) is 1.74. The minimum Gasteiger partial charge on any atom is -0.384 e. The van der Waals surface area contributed by atoms with E-state index in [0.29, 0.717) is 3.57 Å². The molecule has 0 atom stereocenters. The molecule has 1 heterocycles. The van der Waals surface area contributed by atoms with Crippen molar-refractivity contribution in [2.45, 2.75) is 6.43 Å². The quantitative estimate of drug-likeness (QED) is 0.769. The van der Waals surface area contributed by atoms with Crippen molar-refractivity contribution in [1.82, 2.24) is 4.98 Å². The van der Waals surface area contributed by atoms with Gasteiger partial charge in [0, 0.05) is 0 Å². The fourth-order valence-corrected chi connectivity index (χ4v) is 1.17. The molecule has 0 aromatic carbocycles. The average molecular weight is 286 g/mol. The molecule has 1 aromatic rings. The van der Waals surface area contributed by atoms with E-state index in [4.69, 9.17) is 5.73 Å². The molecule has 1 aromatic heterocycles. The highest BCUT2D eigenvalue weighted by atomic mass is 127. The maximum absolute atomic E-state index is 12.1. The van der Waals surface area contributed by atoms with E-state index in [0.717, 1.165) is 6.07 Å². The van der Waals surface area contributed by atoms with Crippen LogP contribution in [0.3, 0.4) is 0 Å². The molecule has 3 N–H and O–H groups in total. The first-order chi connectivity index (χ1) is 5.52. The number of pyridine rings is 1. The Morgan fingerprint density at radius 1 is 1.58 bits per heavy atom. The topological polar surface area (TPSA) is 58.9 Å². The lowest BCUT2D eigenvalue weighted by atomic mass is 10.3. The van der Waals surface area contributed by atoms with Gasteiger partial charge in [-0.3, -0.25) is 4.79 Å². The summed E-state index contributed by atoms with van der Waals surface area (Å²) in [6, 6.07) is 1.08. The smallest absolute Gasteiger partial charge is 0.269 e. The lowest BCUT2D eigenvalue weighted by molar-refractivity contribution is 0.149. The summed E-state index contributed by atoms with van der Waals surface area (Å²) in [6.07, 6.45) is -2.76. The number of aromatic amines is 1. The van der Waals surface area contributed by atoms with Gasteiger partial charge in [-0.1, -0.05) is 0 Å². The first kappa shape index (κ1) is 9.43. The number of anilines is 1. The van der Waals surface area contributed by atoms with Gasteiger partial charge in [0.05, 0.1) is 9.13 Å². The van der Waals surface area contributed by atoms with E-state index in [9.17, 15) is 13.6 Å². The molecule has 0 amide bonds. The van der Waals surface area contributed by atoms with E-state index < -0.39 is 17.5 Å². The predicted octanol–water partition coefficient (Wildman–Crippen LogP) is 1.50. The molecule has 0 spiro atoms. The summed E-state index contributed by atoms with van der Waals surface area (Å²) < 4.78 is 24.6. The van der Waals surface area contributed by atoms with Crippen LogP contribution < -0.4 is 11.3 Å². The van der Waals surface area contributed by atoms with Gasteiger partial charge in [0.15, 0.2) is 0 Å². The van der Waals surface area contributed by atoms with Crippen molar-refractivity contribution in [3.63, 3.8) is 0 Å². The minimum absolute atomic E-state index is 0.116. The van der Waals surface area contributed by atoms with Crippen LogP contribution in [-0.4, -0.2) is 4.98 Å². The third-order valence-corrected chi connectivity index (χ3v) is 2.18. The van der Waals surface area contributed by atoms with Gasteiger partial charge < -0.3 is 10.7 Å². The molecule has 0 saturated heterocycles. The molecule has 3 nitrogen and oxygen atoms in total. The summed E-state index contributed by atoms with van der Waals surface area (Å²) >= 11 is 1.77. The Labute approximate surface area is 80.1 Å². The minimum atomic E-state index is -2.76. The highest BCUT2D eigenvalue weighted by Gasteiger charge is 2.13. The molecule has 6 heteroatoms. The Hall–Kier alpha value is -0.660. The molecule has 0 aliphatic heterocycles. The van der Waals surface area contributed by atoms with Crippen molar-refractivity contribution in [3.05, 3.63) is 25.6 Å². The molecule has 0 aliphatic rings. The van der Waals surface area contributed by atoms with E-state index >= 15 is 0 Å². The predicted molar refractivity (Wildman–Crippen MR) is 49.1 cm³/mol. The molecule has 0 aliphatic carbocycles. The average Bonchev–Trinajstić information content (AvgIpc) is 1.96. The van der Waals surface area contributed by atoms with E-state index in [2.05, 4.69) is 4.98 Å². The number of halogens is 3. The van der Waals surface area contributed by atoms with Gasteiger partial charge in [-0.2, -0.15) is 0 Å². The highest BCUT2D eigenvalue weighted by Crippen LogP contribution is 2.18. The molecule has 1 rings (SSSR count). The summed E-state index contributed by atoms with van der Waals surface area (Å²) in [5.41, 5.74) is 3.90. The monoisotopic (exact) mass is 286 g/mol. The van der Waals surface area contributed by atoms with Crippen LogP contribution >= 0.6 is 22.6 Å². The molecule has 0 bridgehead atoms. The Balaban J connectivity index is 3.33. The summed E-state index contributed by atoms with van der Waals surface area (Å²) in [6.45, 7) is 0. The van der Waals surface area contributed by atoms with Gasteiger partial charge in [-0.15, -0.1) is 0 Å². The van der Waals surface area contributed by atoms with Gasteiger partial charge in [0.1, 0.15) is 5.82 Å². The largest absolute Gasteiger partial charge is 0.384 e. The van der Waals surface area contributed by atoms with Gasteiger partial charge in [0.25, 0.3) is 12.0 Å². The zero-order chi connectivity index (χ0) is 9.30. The van der Waals surface area contributed by atoms with E-state index in [1.807, 2.05) is 0 Å². The zero-order valence-electron chi connectivity index (χ0n) is 5.77.